The Balaban J connectivity index is 1.75. The molecule has 3 amide bonds. The number of hydrogen-bond acceptors (Lipinski definition) is 10. The first kappa shape index (κ1) is 20.9. The van der Waals surface area contributed by atoms with E-state index in [1.54, 1.807) is 0 Å². The van der Waals surface area contributed by atoms with Gasteiger partial charge in [0.15, 0.2) is 5.16 Å². The molecular weight excluding hydrogens is 428 g/mol. The standard InChI is InChI=1S/C14H16N6O7S2/c1-26-14(18-7(21)4-29-13-16-5-17-19-13)10(24)20-8(9(22)23)6(2-27-12(15)25)3-28-11(14)20/h5,11H,2-4H2,1H3,(H2,15,25)(H,18,21)(H,22,23)(H,16,17,19)/t11-,14-/m0/s1. The van der Waals surface area contributed by atoms with Crippen LogP contribution in [0.2, 0.25) is 0 Å². The maximum atomic E-state index is 12.8. The number of primary amides is 1. The number of carbonyl (C=O) groups excluding carboxylic acids is 3. The number of nitrogens with zero attached hydrogens (tertiary/aromatic N) is 3. The highest BCUT2D eigenvalue weighted by Crippen LogP contribution is 2.46. The Bertz CT molecular complexity index is 876. The zero-order valence-corrected chi connectivity index (χ0v) is 16.5. The number of carboxylic acids is 1. The molecule has 2 aliphatic heterocycles. The topological polar surface area (TPSA) is 190 Å². The van der Waals surface area contributed by atoms with E-state index in [2.05, 4.69) is 25.2 Å². The summed E-state index contributed by atoms with van der Waals surface area (Å²) in [5, 5.41) is 19.0. The van der Waals surface area contributed by atoms with Gasteiger partial charge in [-0.05, 0) is 0 Å². The van der Waals surface area contributed by atoms with Gasteiger partial charge in [0.2, 0.25) is 5.91 Å². The number of ether oxygens (including phenoxy) is 2. The Morgan fingerprint density at radius 1 is 1.55 bits per heavy atom. The van der Waals surface area contributed by atoms with E-state index in [1.165, 1.54) is 13.4 Å². The van der Waals surface area contributed by atoms with Crippen molar-refractivity contribution < 1.29 is 33.8 Å². The quantitative estimate of drug-likeness (QED) is 0.212. The Hall–Kier alpha value is -2.78. The molecular formula is C14H16N6O7S2. The minimum atomic E-state index is -1.71. The average Bonchev–Trinajstić information content (AvgIpc) is 3.21. The summed E-state index contributed by atoms with van der Waals surface area (Å²) >= 11 is 2.24. The molecule has 3 heterocycles. The van der Waals surface area contributed by atoms with E-state index in [1.807, 2.05) is 0 Å². The van der Waals surface area contributed by atoms with Gasteiger partial charge in [-0.3, -0.25) is 14.5 Å². The van der Waals surface area contributed by atoms with Crippen LogP contribution < -0.4 is 11.1 Å². The van der Waals surface area contributed by atoms with E-state index in [9.17, 15) is 24.3 Å². The number of hydrogen-bond donors (Lipinski definition) is 4. The van der Waals surface area contributed by atoms with Crippen molar-refractivity contribution in [3.8, 4) is 0 Å². The summed E-state index contributed by atoms with van der Waals surface area (Å²) in [4.78, 5) is 51.4. The molecule has 0 saturated carbocycles. The first-order valence-electron chi connectivity index (χ1n) is 7.98. The van der Waals surface area contributed by atoms with Gasteiger partial charge < -0.3 is 30.6 Å². The third kappa shape index (κ3) is 3.88. The number of fused-ring (bicyclic) bond motifs is 1. The molecule has 3 rings (SSSR count). The minimum absolute atomic E-state index is 0.0652. The number of nitrogens with two attached hydrogens (primary N) is 1. The normalized spacial score (nSPS) is 23.3. The van der Waals surface area contributed by atoms with Crippen molar-refractivity contribution in [2.45, 2.75) is 16.3 Å². The lowest BCUT2D eigenvalue weighted by atomic mass is 9.98. The highest BCUT2D eigenvalue weighted by atomic mass is 32.2. The first-order chi connectivity index (χ1) is 13.8. The Labute approximate surface area is 171 Å². The van der Waals surface area contributed by atoms with E-state index in [4.69, 9.17) is 10.5 Å². The van der Waals surface area contributed by atoms with Crippen LogP contribution in [0.3, 0.4) is 0 Å². The number of thioether (sulfide) groups is 2. The van der Waals surface area contributed by atoms with Crippen LogP contribution in [-0.2, 0) is 23.9 Å². The number of methoxy groups -OCH3 is 1. The second-order valence-corrected chi connectivity index (χ2v) is 7.81. The van der Waals surface area contributed by atoms with Crippen molar-refractivity contribution in [2.24, 2.45) is 5.73 Å². The van der Waals surface area contributed by atoms with E-state index in [-0.39, 0.29) is 29.4 Å². The van der Waals surface area contributed by atoms with Crippen molar-refractivity contribution in [1.82, 2.24) is 25.4 Å². The van der Waals surface area contributed by atoms with E-state index in [0.717, 1.165) is 28.4 Å². The maximum absolute atomic E-state index is 12.8. The third-order valence-corrected chi connectivity index (χ3v) is 6.34. The molecule has 2 atom stereocenters. The van der Waals surface area contributed by atoms with Crippen LogP contribution in [0, 0.1) is 0 Å². The molecule has 0 aromatic carbocycles. The molecule has 5 N–H and O–H groups in total. The molecule has 156 valence electrons. The smallest absolute Gasteiger partial charge is 0.404 e. The van der Waals surface area contributed by atoms with Gasteiger partial charge in [0, 0.05) is 18.4 Å². The molecule has 29 heavy (non-hydrogen) atoms. The average molecular weight is 444 g/mol. The number of carbonyl (C=O) groups is 4. The third-order valence-electron chi connectivity index (χ3n) is 4.08. The Morgan fingerprint density at radius 2 is 2.31 bits per heavy atom. The molecule has 0 spiro atoms. The summed E-state index contributed by atoms with van der Waals surface area (Å²) < 4.78 is 9.98. The summed E-state index contributed by atoms with van der Waals surface area (Å²) in [6.45, 7) is -0.360. The number of aliphatic carboxylic acids is 1. The van der Waals surface area contributed by atoms with Gasteiger partial charge in [0.05, 0.1) is 5.75 Å². The predicted molar refractivity (Wildman–Crippen MR) is 98.3 cm³/mol. The molecule has 0 aliphatic carbocycles. The largest absolute Gasteiger partial charge is 0.477 e. The number of aromatic nitrogens is 3. The van der Waals surface area contributed by atoms with Crippen molar-refractivity contribution in [2.75, 3.05) is 25.2 Å². The predicted octanol–water partition coefficient (Wildman–Crippen LogP) is -1.30. The molecule has 0 unspecified atom stereocenters. The molecule has 1 aromatic heterocycles. The second kappa shape index (κ2) is 8.30. The summed E-state index contributed by atoms with van der Waals surface area (Å²) in [5.74, 6) is -2.56. The van der Waals surface area contributed by atoms with Crippen LogP contribution in [0.4, 0.5) is 4.79 Å². The van der Waals surface area contributed by atoms with Crippen LogP contribution >= 0.6 is 23.5 Å². The lowest BCUT2D eigenvalue weighted by molar-refractivity contribution is -0.192. The lowest BCUT2D eigenvalue weighted by Gasteiger charge is -2.55. The van der Waals surface area contributed by atoms with Crippen LogP contribution in [0.1, 0.15) is 0 Å². The first-order valence-corrected chi connectivity index (χ1v) is 10.0. The second-order valence-electron chi connectivity index (χ2n) is 5.77. The molecule has 2 aliphatic rings. The van der Waals surface area contributed by atoms with Gasteiger partial charge in [-0.1, -0.05) is 11.8 Å². The highest BCUT2D eigenvalue weighted by molar-refractivity contribution is 8.00. The zero-order chi connectivity index (χ0) is 21.2. The van der Waals surface area contributed by atoms with Crippen LogP contribution in [0.25, 0.3) is 0 Å². The summed E-state index contributed by atoms with van der Waals surface area (Å²) in [5.41, 5.74) is 3.10. The fourth-order valence-corrected chi connectivity index (χ4v) is 4.86. The lowest BCUT2D eigenvalue weighted by Crippen LogP contribution is -2.80. The van der Waals surface area contributed by atoms with Crippen LogP contribution in [0.15, 0.2) is 22.8 Å². The van der Waals surface area contributed by atoms with Gasteiger partial charge in [0.1, 0.15) is 24.0 Å². The molecule has 15 heteroatoms. The van der Waals surface area contributed by atoms with Gasteiger partial charge in [-0.2, -0.15) is 0 Å². The van der Waals surface area contributed by atoms with E-state index in [0.29, 0.717) is 5.16 Å². The fourth-order valence-electron chi connectivity index (χ4n) is 2.85. The zero-order valence-electron chi connectivity index (χ0n) is 14.9. The number of nitrogens with one attached hydrogen (secondary N) is 2. The van der Waals surface area contributed by atoms with Crippen molar-refractivity contribution in [3.05, 3.63) is 17.6 Å². The Kier molecular flexibility index (Phi) is 5.99. The summed E-state index contributed by atoms with van der Waals surface area (Å²) in [6, 6.07) is 0. The number of β-lactam (4-membered cyclic amide) rings is 1. The van der Waals surface area contributed by atoms with Crippen molar-refractivity contribution in [1.29, 1.82) is 0 Å². The van der Waals surface area contributed by atoms with E-state index >= 15 is 0 Å². The van der Waals surface area contributed by atoms with Crippen molar-refractivity contribution in [3.63, 3.8) is 0 Å². The van der Waals surface area contributed by atoms with Gasteiger partial charge in [0.25, 0.3) is 11.6 Å². The molecule has 0 radical (unpaired) electrons. The number of rotatable bonds is 8. The number of aromatic amines is 1. The monoisotopic (exact) mass is 444 g/mol. The number of carboxylic acid groups (broad SMARTS) is 1. The van der Waals surface area contributed by atoms with Gasteiger partial charge in [-0.25, -0.2) is 9.59 Å². The van der Waals surface area contributed by atoms with Crippen LogP contribution in [0.5, 0.6) is 0 Å². The molecule has 1 aromatic rings. The minimum Gasteiger partial charge on any atom is -0.477 e. The maximum Gasteiger partial charge on any atom is 0.404 e. The Morgan fingerprint density at radius 3 is 2.90 bits per heavy atom. The molecule has 13 nitrogen and oxygen atoms in total. The van der Waals surface area contributed by atoms with E-state index < -0.39 is 35.0 Å². The van der Waals surface area contributed by atoms with Crippen LogP contribution in [-0.4, -0.2) is 85.4 Å². The molecule has 0 bridgehead atoms. The van der Waals surface area contributed by atoms with Crippen molar-refractivity contribution >= 4 is 47.4 Å². The fraction of sp³-hybridized carbons (Fsp3) is 0.429. The van der Waals surface area contributed by atoms with Gasteiger partial charge in [-0.15, -0.1) is 22.0 Å². The summed E-state index contributed by atoms with van der Waals surface area (Å²) in [7, 11) is 1.25. The number of H-pyrrole nitrogens is 1. The number of amides is 3. The molecule has 1 saturated heterocycles. The summed E-state index contributed by atoms with van der Waals surface area (Å²) in [6.07, 6.45) is 0.300. The highest BCUT2D eigenvalue weighted by Gasteiger charge is 2.66. The van der Waals surface area contributed by atoms with Gasteiger partial charge >= 0.3 is 12.1 Å². The molecule has 1 fully saturated rings. The SMILES string of the molecule is CO[C@@]1(NC(=O)CSc2nnc[nH]2)C(=O)N2C(C(=O)O)=C(COC(N)=O)CS[C@H]21.